The number of benzene rings is 1. The van der Waals surface area contributed by atoms with Gasteiger partial charge in [-0.3, -0.25) is 10.1 Å². The van der Waals surface area contributed by atoms with Gasteiger partial charge >= 0.3 is 5.88 Å². The van der Waals surface area contributed by atoms with E-state index in [-0.39, 0.29) is 23.9 Å². The van der Waals surface area contributed by atoms with Crippen LogP contribution in [0.3, 0.4) is 0 Å². The van der Waals surface area contributed by atoms with Crippen molar-refractivity contribution in [2.75, 3.05) is 0 Å². The van der Waals surface area contributed by atoms with E-state index < -0.39 is 11.0 Å². The fraction of sp³-hybridized carbons (Fsp3) is 0.167. The van der Waals surface area contributed by atoms with Gasteiger partial charge in [0.15, 0.2) is 0 Å². The summed E-state index contributed by atoms with van der Waals surface area (Å²) in [5, 5.41) is 10.5. The van der Waals surface area contributed by atoms with Crippen LogP contribution in [0, 0.1) is 15.9 Å². The van der Waals surface area contributed by atoms with Crippen LogP contribution >= 0.6 is 0 Å². The molecule has 0 amide bonds. The molecule has 1 atom stereocenters. The molecule has 0 spiro atoms. The molecule has 0 saturated heterocycles. The zero-order chi connectivity index (χ0) is 13.1. The first kappa shape index (κ1) is 12.3. The second-order valence-corrected chi connectivity index (χ2v) is 3.84. The molecule has 18 heavy (non-hydrogen) atoms. The Hall–Kier alpha value is -2.21. The van der Waals surface area contributed by atoms with Crippen molar-refractivity contribution in [2.45, 2.75) is 12.5 Å². The maximum absolute atomic E-state index is 13.4. The monoisotopic (exact) mass is 250 g/mol. The van der Waals surface area contributed by atoms with Crippen LogP contribution in [0.1, 0.15) is 17.4 Å². The number of nitro groups is 1. The lowest BCUT2D eigenvalue weighted by molar-refractivity contribution is -0.402. The normalized spacial score (nSPS) is 12.3. The molecule has 1 aromatic carbocycles. The number of rotatable bonds is 4. The van der Waals surface area contributed by atoms with Gasteiger partial charge in [-0.25, -0.2) is 4.39 Å². The molecule has 0 bridgehead atoms. The van der Waals surface area contributed by atoms with E-state index in [1.807, 2.05) is 0 Å². The molecule has 2 aromatic rings. The van der Waals surface area contributed by atoms with Gasteiger partial charge in [-0.15, -0.1) is 0 Å². The van der Waals surface area contributed by atoms with Crippen LogP contribution in [-0.4, -0.2) is 4.92 Å². The second-order valence-electron chi connectivity index (χ2n) is 3.84. The molecule has 0 aliphatic heterocycles. The third-order valence-corrected chi connectivity index (χ3v) is 2.56. The minimum Gasteiger partial charge on any atom is -0.404 e. The van der Waals surface area contributed by atoms with Crippen LogP contribution in [0.2, 0.25) is 0 Å². The maximum Gasteiger partial charge on any atom is 0.433 e. The van der Waals surface area contributed by atoms with Gasteiger partial charge in [0.25, 0.3) is 0 Å². The average Bonchev–Trinajstić information content (AvgIpc) is 2.81. The van der Waals surface area contributed by atoms with Crippen molar-refractivity contribution < 1.29 is 13.7 Å². The van der Waals surface area contributed by atoms with Crippen molar-refractivity contribution in [3.05, 3.63) is 63.7 Å². The minimum atomic E-state index is -0.640. The van der Waals surface area contributed by atoms with E-state index in [0.29, 0.717) is 5.56 Å². The van der Waals surface area contributed by atoms with Crippen LogP contribution in [0.4, 0.5) is 10.3 Å². The fourth-order valence-corrected chi connectivity index (χ4v) is 1.64. The van der Waals surface area contributed by atoms with Crippen molar-refractivity contribution in [3.8, 4) is 0 Å². The Kier molecular flexibility index (Phi) is 3.38. The van der Waals surface area contributed by atoms with E-state index in [9.17, 15) is 14.5 Å². The number of furan rings is 1. The van der Waals surface area contributed by atoms with Crippen molar-refractivity contribution in [1.82, 2.24) is 0 Å². The number of hydrogen-bond donors (Lipinski definition) is 1. The Morgan fingerprint density at radius 1 is 1.33 bits per heavy atom. The third-order valence-electron chi connectivity index (χ3n) is 2.56. The molecule has 1 heterocycles. The summed E-state index contributed by atoms with van der Waals surface area (Å²) < 4.78 is 18.4. The number of halogens is 1. The van der Waals surface area contributed by atoms with Gasteiger partial charge in [0.05, 0.1) is 12.1 Å². The molecular formula is C12H11FN2O3. The highest BCUT2D eigenvalue weighted by Gasteiger charge is 2.18. The molecule has 6 heteroatoms. The molecule has 2 rings (SSSR count). The van der Waals surface area contributed by atoms with Gasteiger partial charge in [0.2, 0.25) is 0 Å². The zero-order valence-electron chi connectivity index (χ0n) is 9.38. The summed E-state index contributed by atoms with van der Waals surface area (Å²) in [4.78, 5) is 9.82. The molecule has 2 N–H and O–H groups in total. The number of hydrogen-bond acceptors (Lipinski definition) is 4. The van der Waals surface area contributed by atoms with Crippen molar-refractivity contribution in [1.29, 1.82) is 0 Å². The standard InChI is InChI=1S/C12H11FN2O3/c13-9-4-2-1-3-8(9)7-10(14)11-5-6-12(18-11)15(16)17/h1-6,10H,7,14H2. The quantitative estimate of drug-likeness (QED) is 0.667. The molecule has 1 unspecified atom stereocenters. The molecule has 0 aliphatic carbocycles. The third kappa shape index (κ3) is 2.54. The van der Waals surface area contributed by atoms with E-state index in [1.165, 1.54) is 18.2 Å². The van der Waals surface area contributed by atoms with Gasteiger partial charge in [-0.05, 0) is 24.1 Å². The van der Waals surface area contributed by atoms with Gasteiger partial charge in [0.1, 0.15) is 16.5 Å². The molecule has 0 aliphatic rings. The van der Waals surface area contributed by atoms with Crippen molar-refractivity contribution >= 4 is 5.88 Å². The Balaban J connectivity index is 2.14. The highest BCUT2D eigenvalue weighted by Crippen LogP contribution is 2.23. The minimum absolute atomic E-state index is 0.220. The Bertz CT molecular complexity index is 568. The molecule has 1 aromatic heterocycles. The van der Waals surface area contributed by atoms with E-state index in [4.69, 9.17) is 10.2 Å². The first-order valence-corrected chi connectivity index (χ1v) is 5.31. The summed E-state index contributed by atoms with van der Waals surface area (Å²) >= 11 is 0. The van der Waals surface area contributed by atoms with Crippen molar-refractivity contribution in [3.63, 3.8) is 0 Å². The first-order chi connectivity index (χ1) is 8.58. The predicted octanol–water partition coefficient (Wildman–Crippen LogP) is 2.57. The Morgan fingerprint density at radius 3 is 2.67 bits per heavy atom. The van der Waals surface area contributed by atoms with E-state index >= 15 is 0 Å². The smallest absolute Gasteiger partial charge is 0.404 e. The highest BCUT2D eigenvalue weighted by molar-refractivity contribution is 5.23. The molecule has 94 valence electrons. The molecular weight excluding hydrogens is 239 g/mol. The van der Waals surface area contributed by atoms with Gasteiger partial charge in [-0.1, -0.05) is 18.2 Å². The Labute approximate surface area is 102 Å². The van der Waals surface area contributed by atoms with E-state index in [0.717, 1.165) is 0 Å². The van der Waals surface area contributed by atoms with E-state index in [2.05, 4.69) is 0 Å². The van der Waals surface area contributed by atoms with Gasteiger partial charge in [0, 0.05) is 0 Å². The number of nitrogens with two attached hydrogens (primary N) is 1. The summed E-state index contributed by atoms with van der Waals surface area (Å²) in [6, 6.07) is 8.30. The van der Waals surface area contributed by atoms with Gasteiger partial charge in [-0.2, -0.15) is 0 Å². The van der Waals surface area contributed by atoms with Crippen LogP contribution in [0.5, 0.6) is 0 Å². The fourth-order valence-electron chi connectivity index (χ4n) is 1.64. The maximum atomic E-state index is 13.4. The summed E-state index contributed by atoms with van der Waals surface area (Å²) in [7, 11) is 0. The average molecular weight is 250 g/mol. The molecule has 0 fully saturated rings. The van der Waals surface area contributed by atoms with Crippen LogP contribution in [0.25, 0.3) is 0 Å². The van der Waals surface area contributed by atoms with Crippen LogP contribution in [0.15, 0.2) is 40.8 Å². The first-order valence-electron chi connectivity index (χ1n) is 5.31. The zero-order valence-corrected chi connectivity index (χ0v) is 9.38. The van der Waals surface area contributed by atoms with E-state index in [1.54, 1.807) is 18.2 Å². The van der Waals surface area contributed by atoms with Gasteiger partial charge < -0.3 is 10.2 Å². The molecule has 0 radical (unpaired) electrons. The molecule has 5 nitrogen and oxygen atoms in total. The highest BCUT2D eigenvalue weighted by atomic mass is 19.1. The largest absolute Gasteiger partial charge is 0.433 e. The molecule has 0 saturated carbocycles. The number of nitrogens with zero attached hydrogens (tertiary/aromatic N) is 1. The lowest BCUT2D eigenvalue weighted by atomic mass is 10.0. The summed E-state index contributed by atoms with van der Waals surface area (Å²) in [5.41, 5.74) is 6.27. The van der Waals surface area contributed by atoms with Crippen LogP contribution < -0.4 is 5.73 Å². The summed E-state index contributed by atoms with van der Waals surface area (Å²) in [6.07, 6.45) is 0.220. The topological polar surface area (TPSA) is 82.3 Å². The SMILES string of the molecule is NC(Cc1ccccc1F)c1ccc([N+](=O)[O-])o1. The lowest BCUT2D eigenvalue weighted by Crippen LogP contribution is -2.13. The summed E-state index contributed by atoms with van der Waals surface area (Å²) in [6.45, 7) is 0. The summed E-state index contributed by atoms with van der Waals surface area (Å²) in [5.74, 6) is -0.451. The Morgan fingerprint density at radius 2 is 2.06 bits per heavy atom. The van der Waals surface area contributed by atoms with Crippen LogP contribution in [-0.2, 0) is 6.42 Å². The lowest BCUT2D eigenvalue weighted by Gasteiger charge is -2.08. The van der Waals surface area contributed by atoms with Crippen molar-refractivity contribution in [2.24, 2.45) is 5.73 Å². The predicted molar refractivity (Wildman–Crippen MR) is 62.4 cm³/mol. The second kappa shape index (κ2) is 4.97.